The van der Waals surface area contributed by atoms with Gasteiger partial charge in [-0.1, -0.05) is 0 Å². The average molecular weight is 297 g/mol. The van der Waals surface area contributed by atoms with E-state index in [0.29, 0.717) is 16.8 Å². The summed E-state index contributed by atoms with van der Waals surface area (Å²) in [7, 11) is 0. The van der Waals surface area contributed by atoms with Gasteiger partial charge in [-0.3, -0.25) is 9.36 Å². The van der Waals surface area contributed by atoms with Crippen LogP contribution in [0.2, 0.25) is 0 Å². The lowest BCUT2D eigenvalue weighted by Crippen LogP contribution is -2.25. The van der Waals surface area contributed by atoms with E-state index in [1.165, 1.54) is 6.20 Å². The van der Waals surface area contributed by atoms with Crippen molar-refractivity contribution >= 4 is 15.9 Å². The summed E-state index contributed by atoms with van der Waals surface area (Å²) in [6.45, 7) is 5.19. The topological polar surface area (TPSA) is 52.7 Å². The largest absolute Gasteiger partial charge is 0.333 e. The third-order valence-corrected chi connectivity index (χ3v) is 3.21. The highest BCUT2D eigenvalue weighted by molar-refractivity contribution is 9.10. The fraction of sp³-hybridized carbons (Fsp3) is 0.364. The third kappa shape index (κ3) is 2.31. The Morgan fingerprint density at radius 1 is 1.41 bits per heavy atom. The molecule has 0 radical (unpaired) electrons. The van der Waals surface area contributed by atoms with Crippen molar-refractivity contribution in [3.05, 3.63) is 45.1 Å². The molecule has 0 fully saturated rings. The summed E-state index contributed by atoms with van der Waals surface area (Å²) in [5.41, 5.74) is 0.930. The van der Waals surface area contributed by atoms with Gasteiger partial charge in [0.05, 0.1) is 18.6 Å². The maximum Gasteiger partial charge on any atom is 0.268 e. The predicted molar refractivity (Wildman–Crippen MR) is 67.9 cm³/mol. The van der Waals surface area contributed by atoms with Crippen LogP contribution in [0.3, 0.4) is 0 Å². The maximum atomic E-state index is 12.0. The summed E-state index contributed by atoms with van der Waals surface area (Å²) in [6.07, 6.45) is 5.07. The van der Waals surface area contributed by atoms with Gasteiger partial charge in [0.25, 0.3) is 5.56 Å². The van der Waals surface area contributed by atoms with Crippen molar-refractivity contribution in [1.29, 1.82) is 0 Å². The number of aryl methyl sites for hydroxylation is 2. The van der Waals surface area contributed by atoms with Gasteiger partial charge in [0.2, 0.25) is 0 Å². The van der Waals surface area contributed by atoms with Crippen LogP contribution in [0.25, 0.3) is 0 Å². The van der Waals surface area contributed by atoms with Crippen molar-refractivity contribution < 1.29 is 0 Å². The van der Waals surface area contributed by atoms with Crippen molar-refractivity contribution in [2.75, 3.05) is 0 Å². The first-order valence-corrected chi connectivity index (χ1v) is 6.13. The van der Waals surface area contributed by atoms with Crippen molar-refractivity contribution in [2.45, 2.75) is 26.9 Å². The van der Waals surface area contributed by atoms with Gasteiger partial charge in [0.15, 0.2) is 0 Å². The van der Waals surface area contributed by atoms with Gasteiger partial charge in [-0.15, -0.1) is 0 Å². The molecule has 0 unspecified atom stereocenters. The monoisotopic (exact) mass is 296 g/mol. The lowest BCUT2D eigenvalue weighted by molar-refractivity contribution is 0.630. The summed E-state index contributed by atoms with van der Waals surface area (Å²) < 4.78 is 4.12. The van der Waals surface area contributed by atoms with Gasteiger partial charge in [0, 0.05) is 18.9 Å². The van der Waals surface area contributed by atoms with Crippen molar-refractivity contribution in [3.8, 4) is 0 Å². The van der Waals surface area contributed by atoms with E-state index in [2.05, 4.69) is 25.9 Å². The molecule has 2 aromatic rings. The molecule has 0 saturated heterocycles. The molecule has 0 aliphatic carbocycles. The van der Waals surface area contributed by atoms with E-state index >= 15 is 0 Å². The Kier molecular flexibility index (Phi) is 3.42. The molecule has 0 aromatic carbocycles. The van der Waals surface area contributed by atoms with Crippen LogP contribution in [-0.2, 0) is 13.1 Å². The molecule has 5 nitrogen and oxygen atoms in total. The van der Waals surface area contributed by atoms with Crippen LogP contribution in [0.4, 0.5) is 0 Å². The minimum Gasteiger partial charge on any atom is -0.333 e. The Hall–Kier alpha value is -1.43. The number of halogens is 1. The van der Waals surface area contributed by atoms with E-state index in [1.54, 1.807) is 17.1 Å². The Balaban J connectivity index is 2.43. The van der Waals surface area contributed by atoms with Gasteiger partial charge < -0.3 is 4.57 Å². The highest BCUT2D eigenvalue weighted by Crippen LogP contribution is 2.05. The zero-order chi connectivity index (χ0) is 12.4. The molecule has 0 saturated carbocycles. The predicted octanol–water partition coefficient (Wildman–Crippen LogP) is 1.58. The summed E-state index contributed by atoms with van der Waals surface area (Å²) >= 11 is 3.20. The standard InChI is InChI=1S/C11H13BrN4O/c1-3-15-7-13-4-9(15)6-16-8(2)14-5-10(12)11(16)17/h4-5,7H,3,6H2,1-2H3. The van der Waals surface area contributed by atoms with Gasteiger partial charge in [-0.25, -0.2) is 9.97 Å². The van der Waals surface area contributed by atoms with Gasteiger partial charge in [-0.2, -0.15) is 0 Å². The summed E-state index contributed by atoms with van der Waals surface area (Å²) in [6, 6.07) is 0. The quantitative estimate of drug-likeness (QED) is 0.864. The van der Waals surface area contributed by atoms with Gasteiger partial charge in [0.1, 0.15) is 10.3 Å². The highest BCUT2D eigenvalue weighted by atomic mass is 79.9. The Morgan fingerprint density at radius 2 is 2.18 bits per heavy atom. The van der Waals surface area contributed by atoms with Crippen molar-refractivity contribution in [2.24, 2.45) is 0 Å². The fourth-order valence-corrected chi connectivity index (χ4v) is 1.98. The van der Waals surface area contributed by atoms with Crippen LogP contribution in [0.5, 0.6) is 0 Å². The SMILES string of the molecule is CCn1cncc1Cn1c(C)ncc(Br)c1=O. The van der Waals surface area contributed by atoms with Crippen LogP contribution in [0.15, 0.2) is 28.0 Å². The Bertz CT molecular complexity index is 587. The Labute approximate surface area is 107 Å². The van der Waals surface area contributed by atoms with Crippen molar-refractivity contribution in [3.63, 3.8) is 0 Å². The molecular weight excluding hydrogens is 284 g/mol. The van der Waals surface area contributed by atoms with Crippen LogP contribution in [0, 0.1) is 6.92 Å². The molecule has 0 aliphatic heterocycles. The maximum absolute atomic E-state index is 12.0. The number of nitrogens with zero attached hydrogens (tertiary/aromatic N) is 4. The molecule has 0 bridgehead atoms. The van der Waals surface area contributed by atoms with E-state index in [-0.39, 0.29) is 5.56 Å². The highest BCUT2D eigenvalue weighted by Gasteiger charge is 2.08. The molecule has 17 heavy (non-hydrogen) atoms. The van der Waals surface area contributed by atoms with Gasteiger partial charge >= 0.3 is 0 Å². The first-order valence-electron chi connectivity index (χ1n) is 5.34. The van der Waals surface area contributed by atoms with Crippen LogP contribution < -0.4 is 5.56 Å². The fourth-order valence-electron chi connectivity index (χ4n) is 1.66. The number of rotatable bonds is 3. The zero-order valence-corrected chi connectivity index (χ0v) is 11.3. The smallest absolute Gasteiger partial charge is 0.268 e. The molecule has 90 valence electrons. The second kappa shape index (κ2) is 4.83. The van der Waals surface area contributed by atoms with E-state index in [0.717, 1.165) is 12.2 Å². The second-order valence-corrected chi connectivity index (χ2v) is 4.57. The van der Waals surface area contributed by atoms with Crippen molar-refractivity contribution in [1.82, 2.24) is 19.1 Å². The molecule has 0 aliphatic rings. The van der Waals surface area contributed by atoms with Crippen LogP contribution in [-0.4, -0.2) is 19.1 Å². The van der Waals surface area contributed by atoms with E-state index < -0.39 is 0 Å². The number of aromatic nitrogens is 4. The minimum atomic E-state index is -0.0682. The molecule has 2 aromatic heterocycles. The van der Waals surface area contributed by atoms with E-state index in [1.807, 2.05) is 18.4 Å². The van der Waals surface area contributed by atoms with E-state index in [9.17, 15) is 4.79 Å². The summed E-state index contributed by atoms with van der Waals surface area (Å²) in [4.78, 5) is 20.2. The first-order chi connectivity index (χ1) is 8.13. The third-order valence-electron chi connectivity index (χ3n) is 2.66. The van der Waals surface area contributed by atoms with Crippen LogP contribution >= 0.6 is 15.9 Å². The lowest BCUT2D eigenvalue weighted by atomic mass is 10.4. The number of hydrogen-bond donors (Lipinski definition) is 0. The van der Waals surface area contributed by atoms with Gasteiger partial charge in [-0.05, 0) is 29.8 Å². The second-order valence-electron chi connectivity index (χ2n) is 3.72. The molecule has 0 N–H and O–H groups in total. The molecule has 0 amide bonds. The number of imidazole rings is 1. The van der Waals surface area contributed by atoms with Crippen LogP contribution in [0.1, 0.15) is 18.4 Å². The summed E-state index contributed by atoms with van der Waals surface area (Å²) in [5.74, 6) is 0.696. The Morgan fingerprint density at radius 3 is 2.88 bits per heavy atom. The summed E-state index contributed by atoms with van der Waals surface area (Å²) in [5, 5.41) is 0. The zero-order valence-electron chi connectivity index (χ0n) is 9.72. The minimum absolute atomic E-state index is 0.0682. The molecule has 2 rings (SSSR count). The average Bonchev–Trinajstić information content (AvgIpc) is 2.77. The molecule has 6 heteroatoms. The molecule has 2 heterocycles. The molecule has 0 atom stereocenters. The molecule has 0 spiro atoms. The lowest BCUT2D eigenvalue weighted by Gasteiger charge is -2.10. The normalized spacial score (nSPS) is 10.8. The number of hydrogen-bond acceptors (Lipinski definition) is 3. The first kappa shape index (κ1) is 12.0. The molecular formula is C11H13BrN4O. The van der Waals surface area contributed by atoms with E-state index in [4.69, 9.17) is 0 Å².